The first-order chi connectivity index (χ1) is 6.54. The number of hydrogen-bond donors (Lipinski definition) is 3. The number of nitrogens with two attached hydrogens (primary N) is 2. The number of pyridine rings is 1. The second-order valence-electron chi connectivity index (χ2n) is 3.77. The predicted octanol–water partition coefficient (Wildman–Crippen LogP) is 0.680. The van der Waals surface area contributed by atoms with Crippen LogP contribution < -0.4 is 11.5 Å². The van der Waals surface area contributed by atoms with Gasteiger partial charge in [0.05, 0.1) is 6.10 Å². The maximum absolute atomic E-state index is 9.90. The average Bonchev–Trinajstić information content (AvgIpc) is 2.16. The molecule has 0 fully saturated rings. The van der Waals surface area contributed by atoms with Crippen LogP contribution in [0.25, 0.3) is 0 Å². The fraction of sp³-hybridized carbons (Fsp3) is 0.500. The lowest BCUT2D eigenvalue weighted by Crippen LogP contribution is -2.33. The summed E-state index contributed by atoms with van der Waals surface area (Å²) in [7, 11) is 0. The van der Waals surface area contributed by atoms with Crippen LogP contribution in [0.1, 0.15) is 25.5 Å². The second kappa shape index (κ2) is 4.39. The summed E-state index contributed by atoms with van der Waals surface area (Å²) in [6.45, 7) is 3.92. The molecule has 0 saturated carbocycles. The quantitative estimate of drug-likeness (QED) is 0.662. The number of hydrogen-bond acceptors (Lipinski definition) is 4. The topological polar surface area (TPSA) is 85.2 Å². The molecule has 0 radical (unpaired) electrons. The normalized spacial score (nSPS) is 15.5. The minimum Gasteiger partial charge on any atom is -0.398 e. The van der Waals surface area contributed by atoms with Crippen molar-refractivity contribution in [3.63, 3.8) is 0 Å². The van der Waals surface area contributed by atoms with E-state index in [-0.39, 0.29) is 12.0 Å². The zero-order valence-corrected chi connectivity index (χ0v) is 8.51. The van der Waals surface area contributed by atoms with Crippen LogP contribution in [0.3, 0.4) is 0 Å². The summed E-state index contributed by atoms with van der Waals surface area (Å²) in [5.41, 5.74) is 12.7. The molecule has 4 nitrogen and oxygen atoms in total. The summed E-state index contributed by atoms with van der Waals surface area (Å²) in [6.07, 6.45) is 2.40. The fourth-order valence-electron chi connectivity index (χ4n) is 1.24. The molecule has 1 heterocycles. The first kappa shape index (κ1) is 10.9. The van der Waals surface area contributed by atoms with Crippen molar-refractivity contribution in [3.05, 3.63) is 24.0 Å². The third-order valence-corrected chi connectivity index (χ3v) is 2.34. The Morgan fingerprint density at radius 3 is 2.57 bits per heavy atom. The molecule has 0 amide bonds. The van der Waals surface area contributed by atoms with Gasteiger partial charge in [-0.2, -0.15) is 0 Å². The molecule has 0 spiro atoms. The molecule has 0 bridgehead atoms. The molecule has 0 aliphatic carbocycles. The van der Waals surface area contributed by atoms with Crippen LogP contribution in [0.15, 0.2) is 18.5 Å². The van der Waals surface area contributed by atoms with Crippen molar-refractivity contribution >= 4 is 5.69 Å². The minimum absolute atomic E-state index is 0.199. The number of nitrogens with zero attached hydrogens (tertiary/aromatic N) is 1. The molecule has 2 unspecified atom stereocenters. The third kappa shape index (κ3) is 2.21. The predicted molar refractivity (Wildman–Crippen MR) is 56.4 cm³/mol. The van der Waals surface area contributed by atoms with Gasteiger partial charge in [0.15, 0.2) is 0 Å². The van der Waals surface area contributed by atoms with Gasteiger partial charge in [0.25, 0.3) is 0 Å². The van der Waals surface area contributed by atoms with Gasteiger partial charge in [0, 0.05) is 29.7 Å². The van der Waals surface area contributed by atoms with Crippen LogP contribution in [0.5, 0.6) is 0 Å². The van der Waals surface area contributed by atoms with Crippen LogP contribution >= 0.6 is 0 Å². The van der Waals surface area contributed by atoms with Gasteiger partial charge in [-0.15, -0.1) is 0 Å². The van der Waals surface area contributed by atoms with Gasteiger partial charge in [0.1, 0.15) is 0 Å². The summed E-state index contributed by atoms with van der Waals surface area (Å²) in [4.78, 5) is 3.91. The van der Waals surface area contributed by atoms with Gasteiger partial charge in [0.2, 0.25) is 0 Å². The Labute approximate surface area is 83.9 Å². The summed E-state index contributed by atoms with van der Waals surface area (Å²) in [5, 5.41) is 9.90. The number of aromatic nitrogens is 1. The molecule has 14 heavy (non-hydrogen) atoms. The van der Waals surface area contributed by atoms with Crippen LogP contribution in [-0.2, 0) is 0 Å². The van der Waals surface area contributed by atoms with E-state index >= 15 is 0 Å². The Hall–Kier alpha value is -1.13. The minimum atomic E-state index is -0.747. The molecular weight excluding hydrogens is 178 g/mol. The number of aliphatic hydroxyl groups excluding tert-OH is 1. The van der Waals surface area contributed by atoms with Gasteiger partial charge < -0.3 is 16.6 Å². The zero-order chi connectivity index (χ0) is 10.7. The molecule has 0 aliphatic heterocycles. The maximum Gasteiger partial charge on any atom is 0.0978 e. The van der Waals surface area contributed by atoms with Crippen molar-refractivity contribution in [1.82, 2.24) is 4.98 Å². The first-order valence-electron chi connectivity index (χ1n) is 4.67. The largest absolute Gasteiger partial charge is 0.398 e. The number of aliphatic hydroxyl groups is 1. The van der Waals surface area contributed by atoms with Crippen molar-refractivity contribution in [3.8, 4) is 0 Å². The summed E-state index contributed by atoms with van der Waals surface area (Å²) < 4.78 is 0. The molecule has 1 aromatic rings. The first-order valence-corrected chi connectivity index (χ1v) is 4.67. The lowest BCUT2D eigenvalue weighted by molar-refractivity contribution is 0.126. The highest BCUT2D eigenvalue weighted by molar-refractivity contribution is 5.46. The van der Waals surface area contributed by atoms with E-state index in [1.165, 1.54) is 0 Å². The number of anilines is 1. The van der Waals surface area contributed by atoms with Crippen LogP contribution in [-0.4, -0.2) is 16.1 Å². The van der Waals surface area contributed by atoms with Gasteiger partial charge in [-0.05, 0) is 12.0 Å². The molecule has 0 aromatic carbocycles. The zero-order valence-electron chi connectivity index (χ0n) is 8.51. The van der Waals surface area contributed by atoms with Crippen molar-refractivity contribution in [2.75, 3.05) is 5.73 Å². The van der Waals surface area contributed by atoms with Crippen LogP contribution in [0.2, 0.25) is 0 Å². The highest BCUT2D eigenvalue weighted by Gasteiger charge is 2.21. The molecule has 0 aliphatic rings. The molecule has 5 N–H and O–H groups in total. The Morgan fingerprint density at radius 1 is 1.43 bits per heavy atom. The van der Waals surface area contributed by atoms with Crippen molar-refractivity contribution in [1.29, 1.82) is 0 Å². The summed E-state index contributed by atoms with van der Waals surface area (Å²) >= 11 is 0. The number of rotatable bonds is 3. The monoisotopic (exact) mass is 195 g/mol. The average molecular weight is 195 g/mol. The van der Waals surface area contributed by atoms with Crippen LogP contribution in [0, 0.1) is 5.92 Å². The van der Waals surface area contributed by atoms with Crippen LogP contribution in [0.4, 0.5) is 5.69 Å². The van der Waals surface area contributed by atoms with Crippen molar-refractivity contribution in [2.45, 2.75) is 26.0 Å². The second-order valence-corrected chi connectivity index (χ2v) is 3.77. The maximum atomic E-state index is 9.90. The lowest BCUT2D eigenvalue weighted by atomic mass is 9.94. The molecule has 4 heteroatoms. The SMILES string of the molecule is CC(C)C(N)C(O)c1cnccc1N. The molecule has 1 aromatic heterocycles. The Balaban J connectivity index is 2.89. The Bertz CT molecular complexity index is 301. The summed E-state index contributed by atoms with van der Waals surface area (Å²) in [5.74, 6) is 0.199. The van der Waals surface area contributed by atoms with E-state index < -0.39 is 6.10 Å². The van der Waals surface area contributed by atoms with Crippen molar-refractivity contribution in [2.24, 2.45) is 11.7 Å². The smallest absolute Gasteiger partial charge is 0.0978 e. The summed E-state index contributed by atoms with van der Waals surface area (Å²) in [6, 6.07) is 1.34. The van der Waals surface area contributed by atoms with E-state index in [0.29, 0.717) is 11.3 Å². The molecular formula is C10H17N3O. The van der Waals surface area contributed by atoms with E-state index in [4.69, 9.17) is 11.5 Å². The van der Waals surface area contributed by atoms with E-state index in [2.05, 4.69) is 4.98 Å². The Kier molecular flexibility index (Phi) is 3.43. The van der Waals surface area contributed by atoms with Gasteiger partial charge in [-0.1, -0.05) is 13.8 Å². The van der Waals surface area contributed by atoms with Gasteiger partial charge in [-0.3, -0.25) is 4.98 Å². The number of nitrogen functional groups attached to an aromatic ring is 1. The van der Waals surface area contributed by atoms with Gasteiger partial charge >= 0.3 is 0 Å². The standard InChI is InChI=1S/C10H17N3O/c1-6(2)9(12)10(14)7-5-13-4-3-8(7)11/h3-6,9-10,14H,12H2,1-2H3,(H2,11,13). The van der Waals surface area contributed by atoms with E-state index in [9.17, 15) is 5.11 Å². The molecule has 1 rings (SSSR count). The van der Waals surface area contributed by atoms with Crippen molar-refractivity contribution < 1.29 is 5.11 Å². The highest BCUT2D eigenvalue weighted by Crippen LogP contribution is 2.23. The highest BCUT2D eigenvalue weighted by atomic mass is 16.3. The molecule has 0 saturated heterocycles. The fourth-order valence-corrected chi connectivity index (χ4v) is 1.24. The van der Waals surface area contributed by atoms with E-state index in [1.807, 2.05) is 13.8 Å². The Morgan fingerprint density at radius 2 is 2.07 bits per heavy atom. The van der Waals surface area contributed by atoms with Gasteiger partial charge in [-0.25, -0.2) is 0 Å². The third-order valence-electron chi connectivity index (χ3n) is 2.34. The molecule has 78 valence electrons. The lowest BCUT2D eigenvalue weighted by Gasteiger charge is -2.23. The van der Waals surface area contributed by atoms with E-state index in [0.717, 1.165) is 0 Å². The molecule has 2 atom stereocenters. The van der Waals surface area contributed by atoms with E-state index in [1.54, 1.807) is 18.5 Å².